The Hall–Kier alpha value is -6.10. The van der Waals surface area contributed by atoms with Crippen molar-refractivity contribution in [1.82, 2.24) is 10.3 Å². The molecule has 0 aliphatic rings. The largest absolute Gasteiger partial charge is 0.496 e. The molecule has 5 N–H and O–H groups in total. The molecule has 0 aliphatic carbocycles. The Bertz CT molecular complexity index is 2350. The Balaban J connectivity index is 1.29. The molecule has 3 amide bonds. The number of sulfonamides is 1. The Labute approximate surface area is 338 Å². The molecule has 58 heavy (non-hydrogen) atoms. The van der Waals surface area contributed by atoms with Crippen molar-refractivity contribution in [3.63, 3.8) is 0 Å². The number of anilines is 5. The van der Waals surface area contributed by atoms with Gasteiger partial charge in [0.1, 0.15) is 23.1 Å². The highest BCUT2D eigenvalue weighted by molar-refractivity contribution is 7.92. The first kappa shape index (κ1) is 43.0. The lowest BCUT2D eigenvalue weighted by Crippen LogP contribution is -2.28. The van der Waals surface area contributed by atoms with Gasteiger partial charge in [-0.2, -0.15) is 0 Å². The number of carbonyl (C=O) groups excluding carboxylic acids is 2. The predicted molar refractivity (Wildman–Crippen MR) is 227 cm³/mol. The summed E-state index contributed by atoms with van der Waals surface area (Å²) >= 11 is 0. The molecule has 1 aromatic heterocycles. The maximum absolute atomic E-state index is 13.5. The third-order valence-corrected chi connectivity index (χ3v) is 9.21. The van der Waals surface area contributed by atoms with E-state index in [9.17, 15) is 18.0 Å². The van der Waals surface area contributed by atoms with Crippen LogP contribution in [0.4, 0.5) is 33.4 Å². The zero-order chi connectivity index (χ0) is 41.9. The van der Waals surface area contributed by atoms with Crippen LogP contribution < -0.4 is 40.2 Å². The van der Waals surface area contributed by atoms with Gasteiger partial charge in [0.15, 0.2) is 5.75 Å². The number of urea groups is 1. The normalized spacial score (nSPS) is 11.4. The molecule has 1 heterocycles. The average molecular weight is 815 g/mol. The fraction of sp³-hybridized carbons (Fsp3) is 0.310. The van der Waals surface area contributed by atoms with Gasteiger partial charge in [-0.25, -0.2) is 18.2 Å². The van der Waals surface area contributed by atoms with Gasteiger partial charge in [-0.05, 0) is 60.4 Å². The van der Waals surface area contributed by atoms with E-state index in [2.05, 4.69) is 31.0 Å². The van der Waals surface area contributed by atoms with E-state index in [1.807, 2.05) is 52.0 Å². The standard InChI is InChI=1S/C42H50N6O9S/c1-8-55-21-22-56-20-19-44-40(49)32-14-13-28(25-37(32)53-5)45-38-26-29(17-18-43-38)57-36-16-15-33(30-11-9-10-12-31(30)36)46-41(50)47-34-23-27(42(2,3)4)24-35(39(34)54-6)48-58(7,51)52/h9-18,23-26,48H,8,19-22H2,1-7H3,(H,43,45)(H,44,49)(H2,46,47,50). The van der Waals surface area contributed by atoms with Crippen molar-refractivity contribution >= 4 is 61.3 Å². The van der Waals surface area contributed by atoms with Crippen LogP contribution >= 0.6 is 0 Å². The second-order valence-corrected chi connectivity index (χ2v) is 15.8. The molecule has 5 aromatic rings. The molecule has 16 heteroatoms. The topological polar surface area (TPSA) is 187 Å². The molecular weight excluding hydrogens is 765 g/mol. The van der Waals surface area contributed by atoms with E-state index < -0.39 is 16.1 Å². The highest BCUT2D eigenvalue weighted by atomic mass is 32.2. The molecule has 0 atom stereocenters. The molecule has 0 bridgehead atoms. The maximum Gasteiger partial charge on any atom is 0.323 e. The second kappa shape index (κ2) is 19.4. The van der Waals surface area contributed by atoms with Crippen LogP contribution in [0.5, 0.6) is 23.0 Å². The number of hydrogen-bond donors (Lipinski definition) is 5. The van der Waals surface area contributed by atoms with Gasteiger partial charge in [-0.1, -0.05) is 45.0 Å². The summed E-state index contributed by atoms with van der Waals surface area (Å²) in [5, 5.41) is 13.3. The van der Waals surface area contributed by atoms with Crippen LogP contribution in [-0.2, 0) is 24.9 Å². The zero-order valence-electron chi connectivity index (χ0n) is 33.6. The van der Waals surface area contributed by atoms with Crippen molar-refractivity contribution in [2.24, 2.45) is 0 Å². The smallest absolute Gasteiger partial charge is 0.323 e. The first-order chi connectivity index (χ1) is 27.7. The van der Waals surface area contributed by atoms with E-state index in [1.165, 1.54) is 14.2 Å². The van der Waals surface area contributed by atoms with Crippen LogP contribution in [-0.4, -0.2) is 78.8 Å². The number of fused-ring (bicyclic) bond motifs is 1. The Morgan fingerprint density at radius 3 is 2.21 bits per heavy atom. The molecule has 0 aliphatic heterocycles. The molecule has 0 spiro atoms. The van der Waals surface area contributed by atoms with Crippen LogP contribution in [0.25, 0.3) is 10.8 Å². The molecule has 0 saturated heterocycles. The molecule has 0 unspecified atom stereocenters. The molecule has 4 aromatic carbocycles. The lowest BCUT2D eigenvalue weighted by molar-refractivity contribution is 0.0531. The summed E-state index contributed by atoms with van der Waals surface area (Å²) in [5.41, 5.74) is 2.43. The van der Waals surface area contributed by atoms with E-state index >= 15 is 0 Å². The minimum Gasteiger partial charge on any atom is -0.496 e. The van der Waals surface area contributed by atoms with Gasteiger partial charge in [0, 0.05) is 47.9 Å². The molecule has 15 nitrogen and oxygen atoms in total. The molecule has 5 rings (SSSR count). The first-order valence-corrected chi connectivity index (χ1v) is 20.4. The van der Waals surface area contributed by atoms with Gasteiger partial charge in [0.2, 0.25) is 10.0 Å². The van der Waals surface area contributed by atoms with Gasteiger partial charge >= 0.3 is 6.03 Å². The molecule has 0 saturated carbocycles. The minimum absolute atomic E-state index is 0.166. The van der Waals surface area contributed by atoms with Crippen molar-refractivity contribution in [2.75, 3.05) is 74.1 Å². The number of aromatic nitrogens is 1. The number of pyridine rings is 1. The van der Waals surface area contributed by atoms with Crippen LogP contribution in [0.15, 0.2) is 85.1 Å². The summed E-state index contributed by atoms with van der Waals surface area (Å²) in [7, 11) is -0.747. The maximum atomic E-state index is 13.5. The molecule has 308 valence electrons. The Kier molecular flexibility index (Phi) is 14.4. The fourth-order valence-corrected chi connectivity index (χ4v) is 6.42. The van der Waals surface area contributed by atoms with Gasteiger partial charge in [0.25, 0.3) is 5.91 Å². The number of rotatable bonds is 18. The van der Waals surface area contributed by atoms with Crippen molar-refractivity contribution in [1.29, 1.82) is 0 Å². The zero-order valence-corrected chi connectivity index (χ0v) is 34.5. The minimum atomic E-state index is -3.65. The molecular formula is C42H50N6O9S. The lowest BCUT2D eigenvalue weighted by Gasteiger charge is -2.24. The van der Waals surface area contributed by atoms with Crippen LogP contribution in [0.3, 0.4) is 0 Å². The third kappa shape index (κ3) is 11.7. The SMILES string of the molecule is CCOCCOCCNC(=O)c1ccc(Nc2cc(Oc3ccc(NC(=O)Nc4cc(C(C)(C)C)cc(NS(C)(=O)=O)c4OC)c4ccccc34)ccn2)cc1OC. The molecule has 0 fully saturated rings. The first-order valence-electron chi connectivity index (χ1n) is 18.5. The highest BCUT2D eigenvalue weighted by Crippen LogP contribution is 2.40. The number of hydrogen-bond acceptors (Lipinski definition) is 11. The van der Waals surface area contributed by atoms with E-state index in [4.69, 9.17) is 23.7 Å². The summed E-state index contributed by atoms with van der Waals surface area (Å²) in [6.45, 7) is 10.1. The van der Waals surface area contributed by atoms with E-state index in [1.54, 1.807) is 60.8 Å². The summed E-state index contributed by atoms with van der Waals surface area (Å²) in [6, 6.07) is 22.4. The molecule has 0 radical (unpaired) electrons. The van der Waals surface area contributed by atoms with Crippen LogP contribution in [0, 0.1) is 0 Å². The Morgan fingerprint density at radius 2 is 1.50 bits per heavy atom. The number of nitrogens with one attached hydrogen (secondary N) is 5. The second-order valence-electron chi connectivity index (χ2n) is 14.0. The monoisotopic (exact) mass is 814 g/mol. The van der Waals surface area contributed by atoms with Crippen LogP contribution in [0.1, 0.15) is 43.6 Å². The number of carbonyl (C=O) groups is 2. The van der Waals surface area contributed by atoms with E-state index in [0.717, 1.165) is 17.2 Å². The van der Waals surface area contributed by atoms with Crippen LogP contribution in [0.2, 0.25) is 0 Å². The lowest BCUT2D eigenvalue weighted by atomic mass is 9.86. The van der Waals surface area contributed by atoms with Crippen molar-refractivity contribution in [2.45, 2.75) is 33.1 Å². The number of amides is 3. The van der Waals surface area contributed by atoms with E-state index in [-0.39, 0.29) is 28.4 Å². The van der Waals surface area contributed by atoms with Crippen molar-refractivity contribution in [3.8, 4) is 23.0 Å². The van der Waals surface area contributed by atoms with Gasteiger partial charge in [-0.3, -0.25) is 9.52 Å². The van der Waals surface area contributed by atoms with Gasteiger partial charge in [-0.15, -0.1) is 0 Å². The summed E-state index contributed by atoms with van der Waals surface area (Å²) in [5.74, 6) is 1.78. The van der Waals surface area contributed by atoms with E-state index in [0.29, 0.717) is 78.4 Å². The fourth-order valence-electron chi connectivity index (χ4n) is 5.87. The Morgan fingerprint density at radius 1 is 0.776 bits per heavy atom. The summed E-state index contributed by atoms with van der Waals surface area (Å²) in [6.07, 6.45) is 2.65. The van der Waals surface area contributed by atoms with Gasteiger partial charge in [0.05, 0.1) is 62.9 Å². The number of methoxy groups -OCH3 is 2. The predicted octanol–water partition coefficient (Wildman–Crippen LogP) is 7.88. The summed E-state index contributed by atoms with van der Waals surface area (Å²) < 4.78 is 55.0. The van der Waals surface area contributed by atoms with Crippen molar-refractivity contribution < 1.29 is 41.7 Å². The third-order valence-electron chi connectivity index (χ3n) is 8.62. The highest BCUT2D eigenvalue weighted by Gasteiger charge is 2.23. The summed E-state index contributed by atoms with van der Waals surface area (Å²) in [4.78, 5) is 30.8. The number of nitrogens with zero attached hydrogens (tertiary/aromatic N) is 1. The quantitative estimate of drug-likeness (QED) is 0.0542. The number of ether oxygens (including phenoxy) is 5. The number of benzene rings is 4. The van der Waals surface area contributed by atoms with Gasteiger partial charge < -0.3 is 45.0 Å². The average Bonchev–Trinajstić information content (AvgIpc) is 3.17. The van der Waals surface area contributed by atoms with Crippen molar-refractivity contribution in [3.05, 3.63) is 96.2 Å².